The molecule has 0 radical (unpaired) electrons. The van der Waals surface area contributed by atoms with Gasteiger partial charge in [0.25, 0.3) is 5.91 Å². The minimum atomic E-state index is -0.645. The molecule has 1 aromatic carbocycles. The predicted molar refractivity (Wildman–Crippen MR) is 106 cm³/mol. The number of hydrogen-bond acceptors (Lipinski definition) is 8. The molecule has 1 N–H and O–H groups in total. The molecule has 9 nitrogen and oxygen atoms in total. The lowest BCUT2D eigenvalue weighted by atomic mass is 10.2. The van der Waals surface area contributed by atoms with Crippen LogP contribution in [0, 0.1) is 0 Å². The van der Waals surface area contributed by atoms with Crippen molar-refractivity contribution in [2.45, 2.75) is 13.5 Å². The van der Waals surface area contributed by atoms with Crippen LogP contribution < -0.4 is 0 Å². The van der Waals surface area contributed by atoms with Gasteiger partial charge in [0, 0.05) is 6.08 Å². The minimum absolute atomic E-state index is 0.0810. The monoisotopic (exact) mass is 414 g/mol. The molecule has 1 aliphatic heterocycles. The molecule has 2 heterocycles. The number of carbonyl (C=O) groups excluding carboxylic acids is 3. The molecule has 0 aliphatic carbocycles. The number of nitrogens with one attached hydrogen (secondary N) is 1. The highest BCUT2D eigenvalue weighted by Gasteiger charge is 2.35. The Hall–Kier alpha value is -3.40. The number of H-pyrrole nitrogens is 1. The normalized spacial score (nSPS) is 16.5. The maximum Gasteiger partial charge on any atom is 0.358 e. The number of amides is 1. The van der Waals surface area contributed by atoms with E-state index < -0.39 is 17.8 Å². The fourth-order valence-corrected chi connectivity index (χ4v) is 3.42. The first kappa shape index (κ1) is 20.3. The van der Waals surface area contributed by atoms with Crippen molar-refractivity contribution in [3.63, 3.8) is 0 Å². The molecule has 29 heavy (non-hydrogen) atoms. The van der Waals surface area contributed by atoms with Crippen molar-refractivity contribution < 1.29 is 23.9 Å². The molecule has 1 aromatic heterocycles. The molecule has 0 saturated carbocycles. The van der Waals surface area contributed by atoms with Gasteiger partial charge in [0.15, 0.2) is 16.7 Å². The highest BCUT2D eigenvalue weighted by Crippen LogP contribution is 2.34. The Kier molecular flexibility index (Phi) is 6.45. The number of amidine groups is 1. The van der Waals surface area contributed by atoms with E-state index in [1.165, 1.54) is 18.3 Å². The molecular weight excluding hydrogens is 396 g/mol. The van der Waals surface area contributed by atoms with Gasteiger partial charge >= 0.3 is 11.9 Å². The van der Waals surface area contributed by atoms with Crippen LogP contribution in [0.25, 0.3) is 0 Å². The summed E-state index contributed by atoms with van der Waals surface area (Å²) in [6.45, 7) is 2.13. The summed E-state index contributed by atoms with van der Waals surface area (Å²) in [7, 11) is 1.23. The van der Waals surface area contributed by atoms with Crippen molar-refractivity contribution in [1.82, 2.24) is 14.9 Å². The molecule has 0 bridgehead atoms. The second kappa shape index (κ2) is 9.20. The zero-order valence-corrected chi connectivity index (χ0v) is 16.6. The Morgan fingerprint density at radius 1 is 1.31 bits per heavy atom. The molecule has 3 rings (SSSR count). The number of esters is 2. The lowest BCUT2D eigenvalue weighted by Gasteiger charge is -2.15. The van der Waals surface area contributed by atoms with Crippen molar-refractivity contribution in [1.29, 1.82) is 0 Å². The molecule has 150 valence electrons. The Bertz CT molecular complexity index is 983. The fourth-order valence-electron chi connectivity index (χ4n) is 2.48. The van der Waals surface area contributed by atoms with E-state index in [0.717, 1.165) is 23.4 Å². The van der Waals surface area contributed by atoms with E-state index in [0.29, 0.717) is 0 Å². The first-order valence-corrected chi connectivity index (χ1v) is 9.47. The number of rotatable bonds is 6. The van der Waals surface area contributed by atoms with Gasteiger partial charge in [-0.1, -0.05) is 30.3 Å². The summed E-state index contributed by atoms with van der Waals surface area (Å²) < 4.78 is 9.60. The van der Waals surface area contributed by atoms with Crippen molar-refractivity contribution in [2.24, 2.45) is 4.99 Å². The first-order valence-electron chi connectivity index (χ1n) is 8.66. The first-order chi connectivity index (χ1) is 14.0. The molecule has 0 unspecified atom stereocenters. The van der Waals surface area contributed by atoms with Gasteiger partial charge < -0.3 is 14.5 Å². The summed E-state index contributed by atoms with van der Waals surface area (Å²) in [4.78, 5) is 49.2. The maximum atomic E-state index is 12.8. The average Bonchev–Trinajstić information content (AvgIpc) is 3.29. The summed E-state index contributed by atoms with van der Waals surface area (Å²) in [5, 5.41) is 0.284. The molecule has 1 amide bonds. The Morgan fingerprint density at radius 3 is 2.76 bits per heavy atom. The highest BCUT2D eigenvalue weighted by atomic mass is 32.2. The van der Waals surface area contributed by atoms with E-state index >= 15 is 0 Å². The molecular formula is C19H18N4O5S. The summed E-state index contributed by atoms with van der Waals surface area (Å²) in [5.74, 6) is -1.54. The van der Waals surface area contributed by atoms with E-state index in [1.807, 2.05) is 30.3 Å². The van der Waals surface area contributed by atoms with Gasteiger partial charge in [-0.15, -0.1) is 0 Å². The van der Waals surface area contributed by atoms with Crippen LogP contribution in [0.3, 0.4) is 0 Å². The van der Waals surface area contributed by atoms with Crippen molar-refractivity contribution in [3.05, 3.63) is 58.9 Å². The van der Waals surface area contributed by atoms with Gasteiger partial charge in [-0.2, -0.15) is 0 Å². The van der Waals surface area contributed by atoms with Crippen LogP contribution >= 0.6 is 11.8 Å². The lowest BCUT2D eigenvalue weighted by molar-refractivity contribution is -0.135. The fraction of sp³-hybridized carbons (Fsp3) is 0.211. The molecule has 1 aliphatic rings. The number of carbonyl (C=O) groups is 3. The van der Waals surface area contributed by atoms with Gasteiger partial charge in [-0.3, -0.25) is 9.69 Å². The maximum absolute atomic E-state index is 12.8. The number of aromatic nitrogens is 2. The molecule has 0 spiro atoms. The summed E-state index contributed by atoms with van der Waals surface area (Å²) in [5.41, 5.74) is 0.957. The summed E-state index contributed by atoms with van der Waals surface area (Å²) in [6.07, 6.45) is 2.43. The van der Waals surface area contributed by atoms with E-state index in [9.17, 15) is 14.4 Å². The van der Waals surface area contributed by atoms with Crippen molar-refractivity contribution >= 4 is 40.6 Å². The van der Waals surface area contributed by atoms with Gasteiger partial charge in [-0.05, 0) is 24.2 Å². The van der Waals surface area contributed by atoms with E-state index in [1.54, 1.807) is 6.92 Å². The van der Waals surface area contributed by atoms with Crippen LogP contribution in [0.15, 0.2) is 52.6 Å². The third-order valence-electron chi connectivity index (χ3n) is 3.82. The average molecular weight is 414 g/mol. The van der Waals surface area contributed by atoms with Gasteiger partial charge in [0.1, 0.15) is 0 Å². The summed E-state index contributed by atoms with van der Waals surface area (Å²) in [6, 6.07) is 9.33. The van der Waals surface area contributed by atoms with Crippen LogP contribution in [0.2, 0.25) is 0 Å². The van der Waals surface area contributed by atoms with Crippen LogP contribution in [-0.2, 0) is 25.6 Å². The smallest absolute Gasteiger partial charge is 0.358 e. The quantitative estimate of drug-likeness (QED) is 0.570. The van der Waals surface area contributed by atoms with E-state index in [2.05, 4.69) is 19.7 Å². The third-order valence-corrected chi connectivity index (χ3v) is 4.83. The molecule has 1 fully saturated rings. The lowest BCUT2D eigenvalue weighted by Crippen LogP contribution is -2.28. The van der Waals surface area contributed by atoms with Crippen molar-refractivity contribution in [2.75, 3.05) is 13.7 Å². The van der Waals surface area contributed by atoms with Crippen LogP contribution in [0.5, 0.6) is 0 Å². The number of imidazole rings is 1. The van der Waals surface area contributed by atoms with Crippen LogP contribution in [0.4, 0.5) is 5.82 Å². The number of nitrogens with zero attached hydrogens (tertiary/aromatic N) is 3. The number of aliphatic imine (C=N–C) groups is 1. The van der Waals surface area contributed by atoms with Crippen LogP contribution in [0.1, 0.15) is 23.0 Å². The number of hydrogen-bond donors (Lipinski definition) is 1. The number of benzene rings is 1. The molecule has 0 atom stereocenters. The number of methoxy groups -OCH3 is 1. The van der Waals surface area contributed by atoms with Crippen molar-refractivity contribution in [3.8, 4) is 0 Å². The van der Waals surface area contributed by atoms with Gasteiger partial charge in [-0.25, -0.2) is 19.6 Å². The number of ether oxygens (including phenoxy) is 2. The van der Waals surface area contributed by atoms with E-state index in [-0.39, 0.29) is 34.7 Å². The molecule has 10 heteroatoms. The minimum Gasteiger partial charge on any atom is -0.466 e. The Labute approximate surface area is 170 Å². The van der Waals surface area contributed by atoms with Crippen LogP contribution in [-0.4, -0.2) is 51.6 Å². The third kappa shape index (κ3) is 4.72. The SMILES string of the molecule is CCOC(=O)c1[nH]cnc1N=C1SC(=CC(=O)OC)C(=O)N1Cc1ccccc1. The molecule has 2 aromatic rings. The largest absolute Gasteiger partial charge is 0.466 e. The zero-order chi connectivity index (χ0) is 20.8. The molecule has 1 saturated heterocycles. The zero-order valence-electron chi connectivity index (χ0n) is 15.7. The summed E-state index contributed by atoms with van der Waals surface area (Å²) >= 11 is 1.00. The standard InChI is InChI=1S/C19H18N4O5S/c1-3-28-18(26)15-16(21-11-20-15)22-19-23(10-12-7-5-4-6-8-12)17(25)13(29-19)9-14(24)27-2/h4-9,11H,3,10H2,1-2H3,(H,20,21). The predicted octanol–water partition coefficient (Wildman–Crippen LogP) is 2.41. The van der Waals surface area contributed by atoms with E-state index in [4.69, 9.17) is 4.74 Å². The number of thioether (sulfide) groups is 1. The topological polar surface area (TPSA) is 114 Å². The van der Waals surface area contributed by atoms with Gasteiger partial charge in [0.05, 0.1) is 31.5 Å². The second-order valence-corrected chi connectivity index (χ2v) is 6.74. The Balaban J connectivity index is 1.97. The Morgan fingerprint density at radius 2 is 2.07 bits per heavy atom. The number of aromatic amines is 1. The highest BCUT2D eigenvalue weighted by molar-refractivity contribution is 8.18. The van der Waals surface area contributed by atoms with Gasteiger partial charge in [0.2, 0.25) is 0 Å². The second-order valence-electron chi connectivity index (χ2n) is 5.73.